The van der Waals surface area contributed by atoms with E-state index in [4.69, 9.17) is 4.74 Å². The van der Waals surface area contributed by atoms with Crippen LogP contribution in [0.1, 0.15) is 39.1 Å². The lowest BCUT2D eigenvalue weighted by Crippen LogP contribution is -2.34. The van der Waals surface area contributed by atoms with E-state index >= 15 is 0 Å². The molecule has 0 bridgehead atoms. The molecule has 0 radical (unpaired) electrons. The van der Waals surface area contributed by atoms with E-state index in [-0.39, 0.29) is 5.60 Å². The lowest BCUT2D eigenvalue weighted by molar-refractivity contribution is 0.000632. The topological polar surface area (TPSA) is 59.1 Å². The van der Waals surface area contributed by atoms with E-state index in [0.717, 1.165) is 29.4 Å². The average Bonchev–Trinajstić information content (AvgIpc) is 2.37. The highest BCUT2D eigenvalue weighted by Crippen LogP contribution is 2.21. The van der Waals surface area contributed by atoms with Gasteiger partial charge in [-0.05, 0) is 27.7 Å². The van der Waals surface area contributed by atoms with Crippen molar-refractivity contribution in [1.29, 1.82) is 0 Å². The van der Waals surface area contributed by atoms with Crippen LogP contribution < -0.4 is 10.6 Å². The number of rotatable bonds is 7. The summed E-state index contributed by atoms with van der Waals surface area (Å²) in [7, 11) is 1.88. The van der Waals surface area contributed by atoms with Gasteiger partial charge in [0, 0.05) is 32.2 Å². The maximum atomic E-state index is 5.68. The fourth-order valence-corrected chi connectivity index (χ4v) is 1.87. The summed E-state index contributed by atoms with van der Waals surface area (Å²) in [4.78, 5) is 9.00. The smallest absolute Gasteiger partial charge is 0.134 e. The second-order valence-corrected chi connectivity index (χ2v) is 5.11. The molecule has 108 valence electrons. The molecule has 1 heterocycles. The molecule has 19 heavy (non-hydrogen) atoms. The van der Waals surface area contributed by atoms with Crippen molar-refractivity contribution in [2.24, 2.45) is 0 Å². The summed E-state index contributed by atoms with van der Waals surface area (Å²) < 4.78 is 5.68. The number of aryl methyl sites for hydroxylation is 1. The minimum atomic E-state index is -0.210. The summed E-state index contributed by atoms with van der Waals surface area (Å²) in [5.74, 6) is 2.60. The third-order valence-corrected chi connectivity index (χ3v) is 2.96. The van der Waals surface area contributed by atoms with Gasteiger partial charge in [0.25, 0.3) is 0 Å². The van der Waals surface area contributed by atoms with E-state index in [9.17, 15) is 0 Å². The Morgan fingerprint density at radius 3 is 2.32 bits per heavy atom. The predicted molar refractivity (Wildman–Crippen MR) is 79.9 cm³/mol. The van der Waals surface area contributed by atoms with E-state index in [2.05, 4.69) is 41.4 Å². The summed E-state index contributed by atoms with van der Waals surface area (Å²) in [6.45, 7) is 11.6. The maximum Gasteiger partial charge on any atom is 0.134 e. The van der Waals surface area contributed by atoms with Gasteiger partial charge in [-0.2, -0.15) is 0 Å². The average molecular weight is 266 g/mol. The molecule has 0 aliphatic carbocycles. The van der Waals surface area contributed by atoms with Crippen LogP contribution >= 0.6 is 0 Å². The number of nitrogens with one attached hydrogen (secondary N) is 2. The molecule has 0 saturated heterocycles. The molecule has 0 unspecified atom stereocenters. The molecule has 1 aromatic rings. The molecule has 5 heteroatoms. The van der Waals surface area contributed by atoms with E-state index in [0.29, 0.717) is 13.2 Å². The van der Waals surface area contributed by atoms with Gasteiger partial charge >= 0.3 is 0 Å². The van der Waals surface area contributed by atoms with E-state index in [1.165, 1.54) is 0 Å². The summed E-state index contributed by atoms with van der Waals surface area (Å²) in [5, 5.41) is 6.48. The van der Waals surface area contributed by atoms with Crippen LogP contribution in [0.25, 0.3) is 0 Å². The first-order valence-corrected chi connectivity index (χ1v) is 6.86. The van der Waals surface area contributed by atoms with Crippen molar-refractivity contribution in [3.63, 3.8) is 0 Å². The molecule has 0 spiro atoms. The van der Waals surface area contributed by atoms with Crippen molar-refractivity contribution in [3.8, 4) is 0 Å². The van der Waals surface area contributed by atoms with Gasteiger partial charge < -0.3 is 15.4 Å². The zero-order valence-corrected chi connectivity index (χ0v) is 12.9. The maximum absolute atomic E-state index is 5.68. The molecule has 0 atom stereocenters. The second-order valence-electron chi connectivity index (χ2n) is 5.11. The number of nitrogens with zero attached hydrogens (tertiary/aromatic N) is 2. The Bertz CT molecular complexity index is 418. The number of aromatic nitrogens is 2. The minimum Gasteiger partial charge on any atom is -0.374 e. The Morgan fingerprint density at radius 1 is 1.16 bits per heavy atom. The highest BCUT2D eigenvalue weighted by Gasteiger charge is 2.18. The first kappa shape index (κ1) is 15.7. The lowest BCUT2D eigenvalue weighted by Gasteiger charge is -2.26. The van der Waals surface area contributed by atoms with Crippen molar-refractivity contribution < 1.29 is 4.74 Å². The van der Waals surface area contributed by atoms with E-state index < -0.39 is 0 Å². The Labute approximate surface area is 116 Å². The standard InChI is InChI=1S/C14H26N4O/c1-7-11-17-12(15-6)10(3)13(18-11)16-9-14(4,5)19-8-2/h7-9H2,1-6H3,(H2,15,16,17,18). The zero-order chi connectivity index (χ0) is 14.5. The van der Waals surface area contributed by atoms with Gasteiger partial charge in [-0.15, -0.1) is 0 Å². The first-order valence-electron chi connectivity index (χ1n) is 6.86. The molecule has 0 aromatic carbocycles. The van der Waals surface area contributed by atoms with Crippen LogP contribution in [-0.2, 0) is 11.2 Å². The van der Waals surface area contributed by atoms with Gasteiger partial charge in [0.05, 0.1) is 5.60 Å². The van der Waals surface area contributed by atoms with Gasteiger partial charge in [0.15, 0.2) is 0 Å². The summed E-state index contributed by atoms with van der Waals surface area (Å²) in [5.41, 5.74) is 0.824. The van der Waals surface area contributed by atoms with Crippen LogP contribution in [0.15, 0.2) is 0 Å². The molecule has 1 rings (SSSR count). The molecule has 0 aliphatic heterocycles. The molecule has 0 amide bonds. The number of ether oxygens (including phenoxy) is 1. The Kier molecular flexibility index (Phi) is 5.54. The van der Waals surface area contributed by atoms with Gasteiger partial charge in [0.1, 0.15) is 17.5 Å². The molecule has 0 aliphatic rings. The lowest BCUT2D eigenvalue weighted by atomic mass is 10.1. The quantitative estimate of drug-likeness (QED) is 0.794. The van der Waals surface area contributed by atoms with Crippen LogP contribution in [0.5, 0.6) is 0 Å². The first-order chi connectivity index (χ1) is 8.93. The molecule has 0 saturated carbocycles. The van der Waals surface area contributed by atoms with Crippen molar-refractivity contribution in [2.75, 3.05) is 30.8 Å². The highest BCUT2D eigenvalue weighted by molar-refractivity contribution is 5.57. The normalized spacial score (nSPS) is 11.5. The van der Waals surface area contributed by atoms with E-state index in [1.54, 1.807) is 0 Å². The Morgan fingerprint density at radius 2 is 1.79 bits per heavy atom. The minimum absolute atomic E-state index is 0.210. The van der Waals surface area contributed by atoms with Crippen LogP contribution in [0.2, 0.25) is 0 Å². The molecule has 0 fully saturated rings. The van der Waals surface area contributed by atoms with Gasteiger partial charge in [-0.3, -0.25) is 0 Å². The van der Waals surface area contributed by atoms with Crippen LogP contribution in [0.4, 0.5) is 11.6 Å². The predicted octanol–water partition coefficient (Wildman–Crippen LogP) is 2.62. The molecular formula is C14H26N4O. The number of anilines is 2. The molecular weight excluding hydrogens is 240 g/mol. The van der Waals surface area contributed by atoms with Crippen LogP contribution in [0.3, 0.4) is 0 Å². The Hall–Kier alpha value is -1.36. The molecule has 2 N–H and O–H groups in total. The largest absolute Gasteiger partial charge is 0.374 e. The molecule has 5 nitrogen and oxygen atoms in total. The third-order valence-electron chi connectivity index (χ3n) is 2.96. The van der Waals surface area contributed by atoms with Crippen molar-refractivity contribution in [3.05, 3.63) is 11.4 Å². The number of hydrogen-bond donors (Lipinski definition) is 2. The molecule has 1 aromatic heterocycles. The zero-order valence-electron chi connectivity index (χ0n) is 12.9. The van der Waals surface area contributed by atoms with Gasteiger partial charge in [-0.1, -0.05) is 6.92 Å². The van der Waals surface area contributed by atoms with Crippen molar-refractivity contribution >= 4 is 11.6 Å². The SMILES string of the molecule is CCOC(C)(C)CNc1nc(CC)nc(NC)c1C. The van der Waals surface area contributed by atoms with Crippen molar-refractivity contribution in [1.82, 2.24) is 9.97 Å². The Balaban J connectivity index is 2.88. The van der Waals surface area contributed by atoms with Crippen molar-refractivity contribution in [2.45, 2.75) is 46.6 Å². The van der Waals surface area contributed by atoms with Crippen LogP contribution in [-0.4, -0.2) is 35.8 Å². The van der Waals surface area contributed by atoms with E-state index in [1.807, 2.05) is 20.9 Å². The van der Waals surface area contributed by atoms with Gasteiger partial charge in [-0.25, -0.2) is 9.97 Å². The number of hydrogen-bond acceptors (Lipinski definition) is 5. The fourth-order valence-electron chi connectivity index (χ4n) is 1.87. The fraction of sp³-hybridized carbons (Fsp3) is 0.714. The highest BCUT2D eigenvalue weighted by atomic mass is 16.5. The van der Waals surface area contributed by atoms with Gasteiger partial charge in [0.2, 0.25) is 0 Å². The summed E-state index contributed by atoms with van der Waals surface area (Å²) in [6.07, 6.45) is 0.818. The second kappa shape index (κ2) is 6.70. The summed E-state index contributed by atoms with van der Waals surface area (Å²) >= 11 is 0. The third kappa shape index (κ3) is 4.35. The summed E-state index contributed by atoms with van der Waals surface area (Å²) in [6, 6.07) is 0. The van der Waals surface area contributed by atoms with Crippen LogP contribution in [0, 0.1) is 6.92 Å². The monoisotopic (exact) mass is 266 g/mol.